The summed E-state index contributed by atoms with van der Waals surface area (Å²) in [5, 5.41) is 14.1. The average molecular weight is 431 g/mol. The third kappa shape index (κ3) is 2.21. The van der Waals surface area contributed by atoms with E-state index in [-0.39, 0.29) is 5.78 Å². The van der Waals surface area contributed by atoms with Crippen molar-refractivity contribution in [2.45, 2.75) is 0 Å². The van der Waals surface area contributed by atoms with E-state index in [0.717, 1.165) is 21.9 Å². The molecule has 0 aliphatic carbocycles. The lowest BCUT2D eigenvalue weighted by Gasteiger charge is -2.16. The fourth-order valence-electron chi connectivity index (χ4n) is 6.01. The van der Waals surface area contributed by atoms with Crippen LogP contribution in [0.15, 0.2) is 109 Å². The SMILES string of the molecule is O=C(c1ccc2ccc3cccc4ccc1c2c34)c1ccc2ccc3cccc4ccc1c2c34. The Labute approximate surface area is 195 Å². The van der Waals surface area contributed by atoms with Crippen molar-refractivity contribution in [1.29, 1.82) is 0 Å². The summed E-state index contributed by atoms with van der Waals surface area (Å²) in [5.41, 5.74) is 1.53. The summed E-state index contributed by atoms with van der Waals surface area (Å²) in [5.74, 6) is 0.0795. The molecule has 8 aromatic rings. The first-order chi connectivity index (χ1) is 16.8. The van der Waals surface area contributed by atoms with Crippen molar-refractivity contribution in [3.05, 3.63) is 120 Å². The van der Waals surface area contributed by atoms with Crippen molar-refractivity contribution in [2.75, 3.05) is 0 Å². The summed E-state index contributed by atoms with van der Waals surface area (Å²) in [6.07, 6.45) is 0. The molecule has 0 unspecified atom stereocenters. The molecule has 0 spiro atoms. The van der Waals surface area contributed by atoms with Gasteiger partial charge in [-0.3, -0.25) is 4.79 Å². The number of rotatable bonds is 2. The number of carbonyl (C=O) groups excluding carboxylic acids is 1. The van der Waals surface area contributed by atoms with Gasteiger partial charge in [0.05, 0.1) is 0 Å². The summed E-state index contributed by atoms with van der Waals surface area (Å²) in [7, 11) is 0. The van der Waals surface area contributed by atoms with Gasteiger partial charge in [-0.15, -0.1) is 0 Å². The van der Waals surface area contributed by atoms with Gasteiger partial charge in [-0.25, -0.2) is 0 Å². The Morgan fingerprint density at radius 3 is 1.09 bits per heavy atom. The highest BCUT2D eigenvalue weighted by molar-refractivity contribution is 6.32. The Bertz CT molecular complexity index is 1900. The minimum atomic E-state index is 0.0795. The zero-order valence-corrected chi connectivity index (χ0v) is 18.3. The van der Waals surface area contributed by atoms with E-state index in [2.05, 4.69) is 97.1 Å². The highest BCUT2D eigenvalue weighted by atomic mass is 16.1. The van der Waals surface area contributed by atoms with E-state index in [1.807, 2.05) is 12.1 Å². The molecular weight excluding hydrogens is 412 g/mol. The highest BCUT2D eigenvalue weighted by Crippen LogP contribution is 2.39. The van der Waals surface area contributed by atoms with Gasteiger partial charge in [-0.2, -0.15) is 0 Å². The molecule has 0 aliphatic heterocycles. The van der Waals surface area contributed by atoms with Gasteiger partial charge < -0.3 is 0 Å². The molecule has 0 aliphatic rings. The maximum Gasteiger partial charge on any atom is 0.194 e. The molecule has 34 heavy (non-hydrogen) atoms. The molecule has 0 aromatic heterocycles. The molecular formula is C33H18O. The van der Waals surface area contributed by atoms with Crippen molar-refractivity contribution in [2.24, 2.45) is 0 Å². The molecule has 1 nitrogen and oxygen atoms in total. The van der Waals surface area contributed by atoms with Gasteiger partial charge in [0.2, 0.25) is 0 Å². The zero-order chi connectivity index (χ0) is 22.4. The molecule has 0 radical (unpaired) electrons. The molecule has 8 aromatic carbocycles. The molecule has 0 bridgehead atoms. The van der Waals surface area contributed by atoms with Crippen molar-refractivity contribution < 1.29 is 4.79 Å². The van der Waals surface area contributed by atoms with Crippen LogP contribution in [0, 0.1) is 0 Å². The Morgan fingerprint density at radius 2 is 0.676 bits per heavy atom. The van der Waals surface area contributed by atoms with Gasteiger partial charge >= 0.3 is 0 Å². The molecule has 0 saturated heterocycles. The quantitative estimate of drug-likeness (QED) is 0.198. The van der Waals surface area contributed by atoms with E-state index < -0.39 is 0 Å². The van der Waals surface area contributed by atoms with E-state index in [1.54, 1.807) is 0 Å². The third-order valence-electron chi connectivity index (χ3n) is 7.55. The highest BCUT2D eigenvalue weighted by Gasteiger charge is 2.20. The van der Waals surface area contributed by atoms with Crippen molar-refractivity contribution in [3.63, 3.8) is 0 Å². The Morgan fingerprint density at radius 1 is 0.353 bits per heavy atom. The summed E-state index contributed by atoms with van der Waals surface area (Å²) >= 11 is 0. The normalized spacial score (nSPS) is 12.2. The third-order valence-corrected chi connectivity index (χ3v) is 7.55. The molecule has 0 N–H and O–H groups in total. The molecule has 8 rings (SSSR count). The van der Waals surface area contributed by atoms with E-state index >= 15 is 0 Å². The molecule has 1 heteroatoms. The average Bonchev–Trinajstić information content (AvgIpc) is 2.90. The smallest absolute Gasteiger partial charge is 0.194 e. The number of hydrogen-bond donors (Lipinski definition) is 0. The van der Waals surface area contributed by atoms with Crippen LogP contribution in [0.4, 0.5) is 0 Å². The Balaban J connectivity index is 1.45. The molecule has 156 valence electrons. The van der Waals surface area contributed by atoms with Crippen LogP contribution in [-0.2, 0) is 0 Å². The fraction of sp³-hybridized carbons (Fsp3) is 0. The maximum absolute atomic E-state index is 14.1. The Kier molecular flexibility index (Phi) is 3.34. The second kappa shape index (κ2) is 6.30. The first-order valence-electron chi connectivity index (χ1n) is 11.7. The molecule has 0 atom stereocenters. The van der Waals surface area contributed by atoms with Crippen LogP contribution >= 0.6 is 0 Å². The van der Waals surface area contributed by atoms with Gasteiger partial charge in [-0.05, 0) is 76.8 Å². The van der Waals surface area contributed by atoms with Gasteiger partial charge in [0.25, 0.3) is 0 Å². The lowest BCUT2D eigenvalue weighted by molar-refractivity contribution is 0.104. The van der Waals surface area contributed by atoms with E-state index in [9.17, 15) is 4.79 Å². The first kappa shape index (κ1) is 18.0. The van der Waals surface area contributed by atoms with E-state index in [0.29, 0.717) is 0 Å². The van der Waals surface area contributed by atoms with Crippen molar-refractivity contribution >= 4 is 70.4 Å². The topological polar surface area (TPSA) is 17.1 Å². The van der Waals surface area contributed by atoms with Crippen LogP contribution in [0.5, 0.6) is 0 Å². The standard InChI is InChI=1S/C33H18O/c34-33(27-17-13-23-9-7-19-3-1-5-21-11-15-25(27)31(23)29(19)21)28-18-14-24-10-8-20-4-2-6-22-12-16-26(28)32(24)30(20)22/h1-18H. The molecule has 0 saturated carbocycles. The van der Waals surface area contributed by atoms with Crippen LogP contribution in [0.25, 0.3) is 64.6 Å². The number of carbonyl (C=O) groups is 1. The summed E-state index contributed by atoms with van der Waals surface area (Å²) in [4.78, 5) is 14.1. The van der Waals surface area contributed by atoms with Crippen LogP contribution < -0.4 is 0 Å². The first-order valence-corrected chi connectivity index (χ1v) is 11.7. The molecule has 0 fully saturated rings. The number of ketones is 1. The van der Waals surface area contributed by atoms with Gasteiger partial charge in [0.15, 0.2) is 5.78 Å². The van der Waals surface area contributed by atoms with Crippen LogP contribution in [0.3, 0.4) is 0 Å². The largest absolute Gasteiger partial charge is 0.289 e. The summed E-state index contributed by atoms with van der Waals surface area (Å²) < 4.78 is 0. The van der Waals surface area contributed by atoms with Crippen LogP contribution in [0.2, 0.25) is 0 Å². The molecule has 0 amide bonds. The van der Waals surface area contributed by atoms with Crippen molar-refractivity contribution in [3.8, 4) is 0 Å². The predicted molar refractivity (Wildman–Crippen MR) is 144 cm³/mol. The summed E-state index contributed by atoms with van der Waals surface area (Å²) in [6, 6.07) is 38.2. The van der Waals surface area contributed by atoms with Crippen LogP contribution in [0.1, 0.15) is 15.9 Å². The number of benzene rings is 8. The van der Waals surface area contributed by atoms with E-state index in [4.69, 9.17) is 0 Å². The lowest BCUT2D eigenvalue weighted by atomic mass is 9.87. The fourth-order valence-corrected chi connectivity index (χ4v) is 6.01. The second-order valence-corrected chi connectivity index (χ2v) is 9.27. The minimum Gasteiger partial charge on any atom is -0.289 e. The predicted octanol–water partition coefficient (Wildman–Crippen LogP) is 8.71. The minimum absolute atomic E-state index is 0.0795. The van der Waals surface area contributed by atoms with Crippen molar-refractivity contribution in [1.82, 2.24) is 0 Å². The van der Waals surface area contributed by atoms with E-state index in [1.165, 1.54) is 53.9 Å². The lowest BCUT2D eigenvalue weighted by Crippen LogP contribution is -2.04. The molecule has 0 heterocycles. The summed E-state index contributed by atoms with van der Waals surface area (Å²) in [6.45, 7) is 0. The van der Waals surface area contributed by atoms with Gasteiger partial charge in [-0.1, -0.05) is 97.1 Å². The Hall–Kier alpha value is -4.49. The second-order valence-electron chi connectivity index (χ2n) is 9.27. The van der Waals surface area contributed by atoms with Crippen LogP contribution in [-0.4, -0.2) is 5.78 Å². The monoisotopic (exact) mass is 430 g/mol. The van der Waals surface area contributed by atoms with Gasteiger partial charge in [0, 0.05) is 11.1 Å². The zero-order valence-electron chi connectivity index (χ0n) is 18.3. The number of hydrogen-bond acceptors (Lipinski definition) is 1. The van der Waals surface area contributed by atoms with Gasteiger partial charge in [0.1, 0.15) is 0 Å². The maximum atomic E-state index is 14.1.